The van der Waals surface area contributed by atoms with Crippen molar-refractivity contribution >= 4 is 5.78 Å². The van der Waals surface area contributed by atoms with Crippen molar-refractivity contribution in [3.8, 4) is 5.69 Å². The molecule has 23 heavy (non-hydrogen) atoms. The van der Waals surface area contributed by atoms with Crippen molar-refractivity contribution in [2.24, 2.45) is 0 Å². The predicted octanol–water partition coefficient (Wildman–Crippen LogP) is 4.86. The third-order valence-corrected chi connectivity index (χ3v) is 3.38. The van der Waals surface area contributed by atoms with E-state index in [4.69, 9.17) is 0 Å². The Hall–Kier alpha value is -2.25. The van der Waals surface area contributed by atoms with Crippen LogP contribution >= 0.6 is 0 Å². The van der Waals surface area contributed by atoms with E-state index in [1.54, 1.807) is 0 Å². The number of alkyl halides is 6. The Kier molecular flexibility index (Phi) is 4.04. The van der Waals surface area contributed by atoms with Crippen molar-refractivity contribution in [2.45, 2.75) is 26.2 Å². The molecule has 0 aliphatic carbocycles. The van der Waals surface area contributed by atoms with E-state index < -0.39 is 29.3 Å². The second kappa shape index (κ2) is 5.43. The molecule has 1 aromatic carbocycles. The van der Waals surface area contributed by atoms with Crippen LogP contribution in [0.4, 0.5) is 26.3 Å². The molecule has 1 heterocycles. The molecule has 0 aliphatic rings. The Morgan fingerprint density at radius 3 is 2.09 bits per heavy atom. The first-order chi connectivity index (χ1) is 10.4. The van der Waals surface area contributed by atoms with Crippen molar-refractivity contribution in [2.75, 3.05) is 0 Å². The van der Waals surface area contributed by atoms with Gasteiger partial charge < -0.3 is 4.57 Å². The molecule has 0 saturated heterocycles. The normalized spacial score (nSPS) is 12.5. The van der Waals surface area contributed by atoms with E-state index in [-0.39, 0.29) is 17.1 Å². The first-order valence-corrected chi connectivity index (χ1v) is 6.41. The summed E-state index contributed by atoms with van der Waals surface area (Å²) < 4.78 is 78.0. The fourth-order valence-electron chi connectivity index (χ4n) is 2.42. The highest BCUT2D eigenvalue weighted by molar-refractivity contribution is 6.01. The van der Waals surface area contributed by atoms with Crippen LogP contribution in [-0.4, -0.2) is 16.5 Å². The standard InChI is InChI=1S/C15H11F6NO/c1-8-7-10(13(23)15(19,20)21)9(2)22(8)12-6-4-3-5-11(12)14(16,17)18/h3-7H,1-2H3. The van der Waals surface area contributed by atoms with Gasteiger partial charge in [0.15, 0.2) is 0 Å². The van der Waals surface area contributed by atoms with Gasteiger partial charge in [-0.1, -0.05) is 12.1 Å². The number of carbonyl (C=O) groups excluding carboxylic acids is 1. The fourth-order valence-corrected chi connectivity index (χ4v) is 2.42. The molecular formula is C15H11F6NO. The second-order valence-electron chi connectivity index (χ2n) is 4.96. The minimum atomic E-state index is -5.09. The minimum absolute atomic E-state index is 0.104. The molecule has 2 rings (SSSR count). The molecule has 2 aromatic rings. The Morgan fingerprint density at radius 2 is 1.57 bits per heavy atom. The van der Waals surface area contributed by atoms with E-state index in [1.165, 1.54) is 26.0 Å². The molecule has 0 unspecified atom stereocenters. The number of rotatable bonds is 2. The molecule has 0 amide bonds. The zero-order chi connectivity index (χ0) is 17.6. The number of carbonyl (C=O) groups is 1. The first-order valence-electron chi connectivity index (χ1n) is 6.41. The molecule has 0 radical (unpaired) electrons. The maximum absolute atomic E-state index is 13.1. The summed E-state index contributed by atoms with van der Waals surface area (Å²) in [7, 11) is 0. The molecule has 0 N–H and O–H groups in total. The van der Waals surface area contributed by atoms with Crippen LogP contribution in [0.2, 0.25) is 0 Å². The van der Waals surface area contributed by atoms with Gasteiger partial charge in [-0.15, -0.1) is 0 Å². The van der Waals surface area contributed by atoms with E-state index in [0.717, 1.165) is 22.8 Å². The van der Waals surface area contributed by atoms with Crippen LogP contribution in [0.3, 0.4) is 0 Å². The Morgan fingerprint density at radius 1 is 1.00 bits per heavy atom. The van der Waals surface area contributed by atoms with Crippen LogP contribution in [0, 0.1) is 13.8 Å². The minimum Gasteiger partial charge on any atom is -0.317 e. The van der Waals surface area contributed by atoms with Crippen LogP contribution in [0.15, 0.2) is 30.3 Å². The fraction of sp³-hybridized carbons (Fsp3) is 0.267. The molecule has 8 heteroatoms. The molecule has 2 nitrogen and oxygen atoms in total. The first kappa shape index (κ1) is 17.1. The lowest BCUT2D eigenvalue weighted by Crippen LogP contribution is -2.23. The van der Waals surface area contributed by atoms with E-state index in [1.807, 2.05) is 0 Å². The Labute approximate surface area is 127 Å². The summed E-state index contributed by atoms with van der Waals surface area (Å²) in [6.45, 7) is 2.52. The maximum Gasteiger partial charge on any atom is 0.454 e. The largest absolute Gasteiger partial charge is 0.454 e. The lowest BCUT2D eigenvalue weighted by molar-refractivity contribution is -0.137. The monoisotopic (exact) mass is 335 g/mol. The highest BCUT2D eigenvalue weighted by atomic mass is 19.4. The van der Waals surface area contributed by atoms with Gasteiger partial charge in [0.1, 0.15) is 0 Å². The highest BCUT2D eigenvalue weighted by Crippen LogP contribution is 2.36. The molecule has 0 fully saturated rings. The van der Waals surface area contributed by atoms with Gasteiger partial charge in [0.2, 0.25) is 0 Å². The lowest BCUT2D eigenvalue weighted by atomic mass is 10.1. The summed E-state index contributed by atoms with van der Waals surface area (Å²) >= 11 is 0. The molecule has 1 aromatic heterocycles. The van der Waals surface area contributed by atoms with E-state index >= 15 is 0 Å². The van der Waals surface area contributed by atoms with Crippen molar-refractivity contribution in [1.29, 1.82) is 0 Å². The Balaban J connectivity index is 2.69. The van der Waals surface area contributed by atoms with Crippen molar-refractivity contribution in [3.05, 3.63) is 52.8 Å². The smallest absolute Gasteiger partial charge is 0.317 e. The number of aryl methyl sites for hydroxylation is 1. The molecule has 124 valence electrons. The summed E-state index contributed by atoms with van der Waals surface area (Å²) in [6.07, 6.45) is -9.76. The van der Waals surface area contributed by atoms with E-state index in [9.17, 15) is 31.1 Å². The summed E-state index contributed by atoms with van der Waals surface area (Å²) in [5.74, 6) is -2.08. The van der Waals surface area contributed by atoms with E-state index in [0.29, 0.717) is 0 Å². The van der Waals surface area contributed by atoms with Gasteiger partial charge in [-0.25, -0.2) is 0 Å². The van der Waals surface area contributed by atoms with Crippen LogP contribution in [0.25, 0.3) is 5.69 Å². The van der Waals surface area contributed by atoms with Gasteiger partial charge in [-0.2, -0.15) is 26.3 Å². The van der Waals surface area contributed by atoms with Gasteiger partial charge in [-0.3, -0.25) is 4.79 Å². The SMILES string of the molecule is Cc1cc(C(=O)C(F)(F)F)c(C)n1-c1ccccc1C(F)(F)F. The third kappa shape index (κ3) is 3.11. The number of hydrogen-bond acceptors (Lipinski definition) is 1. The zero-order valence-electron chi connectivity index (χ0n) is 12.0. The van der Waals surface area contributed by atoms with Gasteiger partial charge in [0.05, 0.1) is 11.3 Å². The number of Topliss-reactive ketones (excluding diaryl/α,β-unsaturated/α-hetero) is 1. The van der Waals surface area contributed by atoms with Gasteiger partial charge in [0, 0.05) is 17.0 Å². The van der Waals surface area contributed by atoms with Gasteiger partial charge in [-0.05, 0) is 32.0 Å². The average molecular weight is 335 g/mol. The molecule has 0 bridgehead atoms. The van der Waals surface area contributed by atoms with Crippen LogP contribution in [0.5, 0.6) is 0 Å². The van der Waals surface area contributed by atoms with E-state index in [2.05, 4.69) is 0 Å². The molecule has 0 spiro atoms. The van der Waals surface area contributed by atoms with Gasteiger partial charge in [0.25, 0.3) is 5.78 Å². The quantitative estimate of drug-likeness (QED) is 0.568. The molecule has 0 atom stereocenters. The number of ketones is 1. The molecule has 0 aliphatic heterocycles. The second-order valence-corrected chi connectivity index (χ2v) is 4.96. The number of nitrogens with zero attached hydrogens (tertiary/aromatic N) is 1. The van der Waals surface area contributed by atoms with Gasteiger partial charge >= 0.3 is 12.4 Å². The number of aromatic nitrogens is 1. The van der Waals surface area contributed by atoms with Crippen LogP contribution in [-0.2, 0) is 6.18 Å². The molecular weight excluding hydrogens is 324 g/mol. The zero-order valence-corrected chi connectivity index (χ0v) is 12.0. The summed E-state index contributed by atoms with van der Waals surface area (Å²) in [6, 6.07) is 5.44. The van der Waals surface area contributed by atoms with Crippen LogP contribution < -0.4 is 0 Å². The number of benzene rings is 1. The topological polar surface area (TPSA) is 22.0 Å². The number of hydrogen-bond donors (Lipinski definition) is 0. The summed E-state index contributed by atoms with van der Waals surface area (Å²) in [4.78, 5) is 11.4. The summed E-state index contributed by atoms with van der Waals surface area (Å²) in [5, 5.41) is 0. The summed E-state index contributed by atoms with van der Waals surface area (Å²) in [5.41, 5.74) is -2.07. The number of para-hydroxylation sites is 1. The third-order valence-electron chi connectivity index (χ3n) is 3.38. The predicted molar refractivity (Wildman–Crippen MR) is 70.6 cm³/mol. The number of halogens is 6. The average Bonchev–Trinajstić information content (AvgIpc) is 2.71. The van der Waals surface area contributed by atoms with Crippen molar-refractivity contribution in [1.82, 2.24) is 4.57 Å². The molecule has 0 saturated carbocycles. The van der Waals surface area contributed by atoms with Crippen molar-refractivity contribution in [3.63, 3.8) is 0 Å². The maximum atomic E-state index is 13.1. The van der Waals surface area contributed by atoms with Crippen molar-refractivity contribution < 1.29 is 31.1 Å². The lowest BCUT2D eigenvalue weighted by Gasteiger charge is -2.17. The van der Waals surface area contributed by atoms with Crippen LogP contribution in [0.1, 0.15) is 27.3 Å². The highest BCUT2D eigenvalue weighted by Gasteiger charge is 2.41. The Bertz CT molecular complexity index is 754.